The van der Waals surface area contributed by atoms with E-state index in [1.165, 1.54) is 6.20 Å². The van der Waals surface area contributed by atoms with Crippen LogP contribution in [0.25, 0.3) is 17.0 Å². The molecule has 0 aliphatic carbocycles. The number of hydrogen-bond acceptors (Lipinski definition) is 15. The van der Waals surface area contributed by atoms with Crippen molar-refractivity contribution in [2.75, 3.05) is 80.4 Å². The average molecular weight is 789 g/mol. The molecule has 298 valence electrons. The third kappa shape index (κ3) is 7.98. The molecule has 3 aromatic heterocycles. The zero-order valence-electron chi connectivity index (χ0n) is 31.3. The van der Waals surface area contributed by atoms with E-state index in [1.54, 1.807) is 35.5 Å². The van der Waals surface area contributed by atoms with Crippen LogP contribution in [0.5, 0.6) is 0 Å². The summed E-state index contributed by atoms with van der Waals surface area (Å²) < 4.78 is 13.1. The van der Waals surface area contributed by atoms with Crippen LogP contribution < -0.4 is 26.6 Å². The fourth-order valence-corrected chi connectivity index (χ4v) is 7.14. The molecule has 58 heavy (non-hydrogen) atoms. The fraction of sp³-hybridized carbons (Fsp3) is 0.308. The van der Waals surface area contributed by atoms with Crippen molar-refractivity contribution in [1.82, 2.24) is 39.5 Å². The molecule has 3 aliphatic heterocycles. The number of piperidine rings is 1. The van der Waals surface area contributed by atoms with Gasteiger partial charge in [-0.2, -0.15) is 0 Å². The minimum Gasteiger partial charge on any atom is -0.382 e. The zero-order chi connectivity index (χ0) is 40.2. The molecule has 0 saturated carbocycles. The Morgan fingerprint density at radius 1 is 0.914 bits per heavy atom. The van der Waals surface area contributed by atoms with Crippen molar-refractivity contribution in [2.45, 2.75) is 18.9 Å². The molecule has 5 amide bonds. The van der Waals surface area contributed by atoms with Gasteiger partial charge in [-0.15, -0.1) is 0 Å². The van der Waals surface area contributed by atoms with Gasteiger partial charge in [0, 0.05) is 74.8 Å². The molecule has 19 nitrogen and oxygen atoms in total. The summed E-state index contributed by atoms with van der Waals surface area (Å²) >= 11 is 0. The number of imidazole rings is 1. The monoisotopic (exact) mass is 788 g/mol. The van der Waals surface area contributed by atoms with Crippen molar-refractivity contribution in [1.29, 1.82) is 0 Å². The molecule has 5 N–H and O–H groups in total. The van der Waals surface area contributed by atoms with Gasteiger partial charge in [0.05, 0.1) is 43.3 Å². The first kappa shape index (κ1) is 37.9. The Morgan fingerprint density at radius 2 is 1.72 bits per heavy atom. The molecule has 0 bridgehead atoms. The van der Waals surface area contributed by atoms with Gasteiger partial charge in [-0.05, 0) is 42.8 Å². The van der Waals surface area contributed by atoms with E-state index in [1.807, 2.05) is 41.1 Å². The highest BCUT2D eigenvalue weighted by molar-refractivity contribution is 6.25. The first-order valence-electron chi connectivity index (χ1n) is 18.8. The summed E-state index contributed by atoms with van der Waals surface area (Å²) in [6.07, 6.45) is 8.58. The third-order valence-electron chi connectivity index (χ3n) is 10.0. The van der Waals surface area contributed by atoms with E-state index in [-0.39, 0.29) is 56.3 Å². The SMILES string of the molecule is Nc1cncc(-c2cn3ccnc3c(Nc3ccc(N4CCN(C(=O)COCCOCCNc5cccc6c5C(=O)N(C5CCC(=O)NC5=O)C6=O)CC4)cc3)n2)n1. The van der Waals surface area contributed by atoms with Crippen LogP contribution in [0, 0.1) is 0 Å². The number of nitrogens with one attached hydrogen (secondary N) is 3. The van der Waals surface area contributed by atoms with Crippen molar-refractivity contribution in [3.8, 4) is 11.4 Å². The maximum absolute atomic E-state index is 13.3. The van der Waals surface area contributed by atoms with E-state index in [2.05, 4.69) is 35.8 Å². The van der Waals surface area contributed by atoms with Crippen LogP contribution in [0.1, 0.15) is 33.6 Å². The summed E-state index contributed by atoms with van der Waals surface area (Å²) in [6, 6.07) is 11.8. The fourth-order valence-electron chi connectivity index (χ4n) is 7.14. The van der Waals surface area contributed by atoms with Crippen LogP contribution in [0.3, 0.4) is 0 Å². The Morgan fingerprint density at radius 3 is 2.52 bits per heavy atom. The molecule has 6 heterocycles. The highest BCUT2D eigenvalue weighted by Gasteiger charge is 2.45. The number of ether oxygens (including phenoxy) is 2. The number of nitrogens with two attached hydrogens (primary N) is 1. The minimum atomic E-state index is -1.03. The number of anilines is 5. The minimum absolute atomic E-state index is 0.0502. The Kier molecular flexibility index (Phi) is 10.9. The number of nitrogens with zero attached hydrogens (tertiary/aromatic N) is 8. The summed E-state index contributed by atoms with van der Waals surface area (Å²) in [5, 5.41) is 8.70. The van der Waals surface area contributed by atoms with Gasteiger partial charge in [-0.1, -0.05) is 6.07 Å². The average Bonchev–Trinajstić information content (AvgIpc) is 3.81. The van der Waals surface area contributed by atoms with Crippen LogP contribution in [0.4, 0.5) is 28.7 Å². The molecule has 19 heteroatoms. The van der Waals surface area contributed by atoms with Crippen LogP contribution in [0.15, 0.2) is 73.4 Å². The van der Waals surface area contributed by atoms with E-state index in [9.17, 15) is 24.0 Å². The van der Waals surface area contributed by atoms with Gasteiger partial charge in [0.1, 0.15) is 29.9 Å². The maximum Gasteiger partial charge on any atom is 0.264 e. The number of carbonyl (C=O) groups excluding carboxylic acids is 5. The van der Waals surface area contributed by atoms with E-state index >= 15 is 0 Å². The second-order valence-corrected chi connectivity index (χ2v) is 13.8. The van der Waals surface area contributed by atoms with E-state index in [4.69, 9.17) is 20.2 Å². The third-order valence-corrected chi connectivity index (χ3v) is 10.0. The van der Waals surface area contributed by atoms with Gasteiger partial charge in [0.15, 0.2) is 11.5 Å². The van der Waals surface area contributed by atoms with E-state index in [0.29, 0.717) is 67.1 Å². The number of piperazine rings is 1. The quantitative estimate of drug-likeness (QED) is 0.0927. The Labute approximate surface area is 331 Å². The van der Waals surface area contributed by atoms with Gasteiger partial charge in [-0.3, -0.25) is 39.2 Å². The molecule has 2 aromatic carbocycles. The molecule has 0 radical (unpaired) electrons. The highest BCUT2D eigenvalue weighted by Crippen LogP contribution is 2.32. The predicted molar refractivity (Wildman–Crippen MR) is 210 cm³/mol. The highest BCUT2D eigenvalue weighted by atomic mass is 16.5. The largest absolute Gasteiger partial charge is 0.382 e. The molecule has 0 spiro atoms. The molecule has 1 unspecified atom stereocenters. The number of benzene rings is 2. The van der Waals surface area contributed by atoms with Crippen LogP contribution in [0.2, 0.25) is 0 Å². The zero-order valence-corrected chi connectivity index (χ0v) is 31.3. The lowest BCUT2D eigenvalue weighted by Crippen LogP contribution is -2.54. The summed E-state index contributed by atoms with van der Waals surface area (Å²) in [7, 11) is 0. The molecular formula is C39H40N12O7. The number of hydrogen-bond donors (Lipinski definition) is 4. The van der Waals surface area contributed by atoms with E-state index in [0.717, 1.165) is 16.3 Å². The van der Waals surface area contributed by atoms with Gasteiger partial charge < -0.3 is 40.0 Å². The normalized spacial score (nSPS) is 16.8. The Balaban J connectivity index is 0.740. The van der Waals surface area contributed by atoms with Gasteiger partial charge in [0.2, 0.25) is 17.7 Å². The lowest BCUT2D eigenvalue weighted by Gasteiger charge is -2.36. The Hall–Kier alpha value is -6.99. The lowest BCUT2D eigenvalue weighted by molar-refractivity contribution is -0.137. The number of aromatic nitrogens is 5. The van der Waals surface area contributed by atoms with Crippen LogP contribution in [-0.4, -0.2) is 129 Å². The van der Waals surface area contributed by atoms with Crippen molar-refractivity contribution >= 4 is 63.9 Å². The van der Waals surface area contributed by atoms with Crippen LogP contribution >= 0.6 is 0 Å². The number of imide groups is 2. The summed E-state index contributed by atoms with van der Waals surface area (Å²) in [5.41, 5.74) is 10.3. The summed E-state index contributed by atoms with van der Waals surface area (Å²) in [4.78, 5) is 85.7. The molecular weight excluding hydrogens is 749 g/mol. The number of fused-ring (bicyclic) bond motifs is 2. The first-order chi connectivity index (χ1) is 28.2. The van der Waals surface area contributed by atoms with Gasteiger partial charge in [0.25, 0.3) is 11.8 Å². The molecule has 1 atom stereocenters. The summed E-state index contributed by atoms with van der Waals surface area (Å²) in [5.74, 6) is -1.46. The molecule has 3 aliphatic rings. The van der Waals surface area contributed by atoms with Gasteiger partial charge in [-0.25, -0.2) is 15.0 Å². The van der Waals surface area contributed by atoms with Gasteiger partial charge >= 0.3 is 0 Å². The van der Waals surface area contributed by atoms with Crippen molar-refractivity contribution in [2.24, 2.45) is 0 Å². The molecule has 5 aromatic rings. The molecule has 2 fully saturated rings. The lowest BCUT2D eigenvalue weighted by atomic mass is 10.0. The first-order valence-corrected chi connectivity index (χ1v) is 18.8. The molecule has 2 saturated heterocycles. The number of carbonyl (C=O) groups is 5. The summed E-state index contributed by atoms with van der Waals surface area (Å²) in [6.45, 7) is 3.51. The second kappa shape index (κ2) is 16.6. The maximum atomic E-state index is 13.3. The van der Waals surface area contributed by atoms with Crippen molar-refractivity contribution in [3.63, 3.8) is 0 Å². The Bertz CT molecular complexity index is 2380. The smallest absolute Gasteiger partial charge is 0.264 e. The number of amides is 5. The van der Waals surface area contributed by atoms with Crippen LogP contribution in [-0.2, 0) is 23.9 Å². The van der Waals surface area contributed by atoms with Crippen molar-refractivity contribution < 1.29 is 33.4 Å². The number of rotatable bonds is 14. The topological polar surface area (TPSA) is 232 Å². The van der Waals surface area contributed by atoms with Crippen molar-refractivity contribution in [3.05, 3.63) is 84.6 Å². The van der Waals surface area contributed by atoms with E-state index < -0.39 is 29.7 Å². The number of nitrogen functional groups attached to an aromatic ring is 1. The second-order valence-electron chi connectivity index (χ2n) is 13.8. The standard InChI is InChI=1S/C39H40N12O7/c40-31-21-41-20-28(45-31)29-22-50-12-10-43-36(50)35(46-29)44-24-4-6-25(7-5-24)48-13-15-49(16-14-48)33(53)23-58-19-18-57-17-11-42-27-3-1-2-26-34(27)39(56)51(38(26)55)30-8-9-32(52)47-37(30)54/h1-7,10,12,20-22,30,42H,8-9,11,13-19,23H2,(H2,40,45)(H,44,46)(H,47,52,54). The predicted octanol–water partition coefficient (Wildman–Crippen LogP) is 1.71. The molecule has 8 rings (SSSR count).